The van der Waals surface area contributed by atoms with Crippen LogP contribution in [0.15, 0.2) is 97.7 Å². The number of para-hydroxylation sites is 2. The molecule has 736 valence electrons. The molecule has 0 saturated carbocycles. The van der Waals surface area contributed by atoms with Gasteiger partial charge < -0.3 is 130 Å². The van der Waals surface area contributed by atoms with Crippen molar-refractivity contribution in [3.05, 3.63) is 120 Å². The first-order valence-electron chi connectivity index (χ1n) is 44.9. The smallest absolute Gasteiger partial charge is 0.323 e. The van der Waals surface area contributed by atoms with Gasteiger partial charge in [-0.1, -0.05) is 88.1 Å². The topological polar surface area (TPSA) is 669 Å². The Balaban J connectivity index is 1.11. The van der Waals surface area contributed by atoms with E-state index >= 15 is 33.6 Å². The predicted molar refractivity (Wildman–Crippen MR) is 492 cm³/mol. The minimum absolute atomic E-state index is 0.0165. The fourth-order valence-electron chi connectivity index (χ4n) is 16.7. The number of H-pyrrole nitrogens is 2. The number of phenolic OH excluding ortho intramolecular Hbond substituents is 1. The number of aromatic nitrogens is 4. The van der Waals surface area contributed by atoms with Gasteiger partial charge in [-0.05, 0) is 99.9 Å². The number of aromatic amines is 2. The summed E-state index contributed by atoms with van der Waals surface area (Å²) in [7, 11) is 3.82. The molecule has 9 rings (SSSR count). The maximum atomic E-state index is 15.9. The number of nitrogens with two attached hydrogens (primary N) is 3. The van der Waals surface area contributed by atoms with Gasteiger partial charge in [0.25, 0.3) is 0 Å². The molecule has 3 fully saturated rings. The highest BCUT2D eigenvalue weighted by atomic mass is 32.2. The number of primary amides is 2. The van der Waals surface area contributed by atoms with Gasteiger partial charge in [-0.15, -0.1) is 11.8 Å². The number of carboxylic acid groups (broad SMARTS) is 2. The van der Waals surface area contributed by atoms with Crippen molar-refractivity contribution in [2.75, 3.05) is 58.8 Å². The Morgan fingerprint density at radius 2 is 1.14 bits per heavy atom. The van der Waals surface area contributed by atoms with Gasteiger partial charge in [-0.3, -0.25) is 91.1 Å². The molecule has 45 nitrogen and oxygen atoms in total. The second-order valence-electron chi connectivity index (χ2n) is 34.2. The summed E-state index contributed by atoms with van der Waals surface area (Å²) in [5.41, 5.74) is 19.7. The zero-order valence-corrected chi connectivity index (χ0v) is 77.5. The number of hydrogen-bond acceptors (Lipinski definition) is 24. The monoisotopic (exact) mass is 1910 g/mol. The van der Waals surface area contributed by atoms with Crippen LogP contribution in [0.1, 0.15) is 134 Å². The lowest BCUT2D eigenvalue weighted by atomic mass is 10.00. The quantitative estimate of drug-likeness (QED) is 0.0251. The van der Waals surface area contributed by atoms with E-state index in [4.69, 9.17) is 17.2 Å². The summed E-state index contributed by atoms with van der Waals surface area (Å²) in [6.07, 6.45) is 1.06. The van der Waals surface area contributed by atoms with Crippen LogP contribution in [0, 0.1) is 0 Å². The molecule has 0 unspecified atom stereocenters. The number of likely N-dealkylation sites (N-methyl/N-ethyl adjacent to an activating group) is 3. The molecular weight excluding hydrogens is 1790 g/mol. The average Bonchev–Trinajstić information content (AvgIpc) is 1.60. The molecule has 3 saturated heterocycles. The van der Waals surface area contributed by atoms with E-state index in [-0.39, 0.29) is 69.5 Å². The van der Waals surface area contributed by atoms with Crippen LogP contribution in [-0.4, -0.2) is 326 Å². The van der Waals surface area contributed by atoms with Gasteiger partial charge in [-0.2, -0.15) is 0 Å². The molecule has 0 aliphatic carbocycles. The summed E-state index contributed by atoms with van der Waals surface area (Å²) in [5.74, 6) is -20.6. The molecule has 17 amide bonds. The van der Waals surface area contributed by atoms with Crippen molar-refractivity contribution in [2.24, 2.45) is 17.2 Å². The number of unbranched alkanes of at least 4 members (excludes halogenated alkanes) is 2. The van der Waals surface area contributed by atoms with Gasteiger partial charge in [0.15, 0.2) is 0 Å². The highest BCUT2D eigenvalue weighted by Gasteiger charge is 2.47. The Morgan fingerprint density at radius 1 is 0.551 bits per heavy atom. The van der Waals surface area contributed by atoms with Gasteiger partial charge in [0.05, 0.1) is 31.1 Å². The molecule has 46 heteroatoms. The molecule has 3 aromatic heterocycles. The van der Waals surface area contributed by atoms with Crippen LogP contribution >= 0.6 is 11.8 Å². The second-order valence-corrected chi connectivity index (χ2v) is 35.2. The molecule has 136 heavy (non-hydrogen) atoms. The molecule has 6 heterocycles. The number of carbonyl (C=O) groups is 19. The number of aliphatic hydroxyl groups is 1. The standard InChI is InChI=1S/C90H122N22O23S/c1-8-10-20-68-83(128)98-48(3)77(122)106-66(79(124)96-41-73(93)116)45-136-46-74(117)99-63(33-50-24-26-54(113)27-25-50)86(131)107(5)49(4)78(123)104-65(38-72(92)115)89(134)111-32-16-23-69(111)84(129)103-62(36-53-40-94-47-97-53)82(127)101-60(28-29-75(118)119)88(133)112-43-55(114)37-71(112)85(130)102-61(34-51-39-95-58-19-14-12-17-56(51)58)81(126)100-59(30-31-91)80(125)105-64(87(132)109(7)70(21-11-9-2)90(135)108(68)6)35-52-42-110(44-76(120)121)67-22-15-13-18-57(52)67/h12-15,17-19,22,24-27,39-40,42,47-49,55,59-66,68-71,95,113-114H,8-11,16,20-21,23,28-38,41,43-46,91H2,1-7H3,(H2,92,115)(H2,93,116)(H,94,97)(H,96,124)(H,98,128)(H,99,117)(H,100,126)(H,101,127)(H,102,130)(H,103,129)(H,104,123)(H,105,125)(H,106,122)(H,118,119)(H,120,121)/t48-,49-,55+,59-,60-,61-,62-,63-,64-,65-,66-,68-,69-,70-,71-/m0/s1. The van der Waals surface area contributed by atoms with Crippen LogP contribution in [0.5, 0.6) is 5.75 Å². The third kappa shape index (κ3) is 28.8. The molecule has 3 aliphatic heterocycles. The summed E-state index contributed by atoms with van der Waals surface area (Å²) >= 11 is 0.757. The zero-order chi connectivity index (χ0) is 99.5. The maximum absolute atomic E-state index is 15.9. The highest BCUT2D eigenvalue weighted by molar-refractivity contribution is 8.00. The number of carbonyl (C=O) groups excluding carboxylic acids is 17. The third-order valence-corrected chi connectivity index (χ3v) is 25.2. The van der Waals surface area contributed by atoms with Gasteiger partial charge in [-0.25, -0.2) is 4.98 Å². The van der Waals surface area contributed by atoms with Crippen molar-refractivity contribution in [1.82, 2.24) is 97.2 Å². The molecule has 15 atom stereocenters. The number of nitrogens with one attached hydrogen (secondary N) is 12. The number of amides is 17. The number of imidazole rings is 1. The van der Waals surface area contributed by atoms with Crippen molar-refractivity contribution >= 4 is 146 Å². The van der Waals surface area contributed by atoms with E-state index in [1.807, 2.05) is 13.8 Å². The Morgan fingerprint density at radius 3 is 1.79 bits per heavy atom. The minimum Gasteiger partial charge on any atom is -0.508 e. The molecule has 22 N–H and O–H groups in total. The number of aliphatic carboxylic acids is 2. The van der Waals surface area contributed by atoms with Gasteiger partial charge in [0.2, 0.25) is 100 Å². The van der Waals surface area contributed by atoms with E-state index < -0.39 is 273 Å². The van der Waals surface area contributed by atoms with Crippen molar-refractivity contribution in [2.45, 2.75) is 234 Å². The molecule has 3 aromatic carbocycles. The molecule has 6 aromatic rings. The summed E-state index contributed by atoms with van der Waals surface area (Å²) in [6, 6.07) is -3.52. The minimum atomic E-state index is -1.86. The number of fused-ring (bicyclic) bond motifs is 4. The van der Waals surface area contributed by atoms with Crippen LogP contribution in [0.25, 0.3) is 21.8 Å². The third-order valence-electron chi connectivity index (χ3n) is 24.2. The van der Waals surface area contributed by atoms with E-state index in [0.717, 1.165) is 36.3 Å². The van der Waals surface area contributed by atoms with Gasteiger partial charge in [0.1, 0.15) is 96.9 Å². The zero-order valence-electron chi connectivity index (χ0n) is 76.7. The SMILES string of the molecule is CCCC[C@H]1C(=O)N(C)[C@@H](CCCC)C(=O)N[C@@H](C)C(=O)N[C@H](C(=O)NCC(N)=O)CSCC(=O)N[C@@H](Cc2ccc(O)cc2)C(=O)N(C)[C@@H](C)C(=O)N[C@@H](CC(N)=O)C(=O)N2CCC[C@H]2C(=O)N[C@@H](Cc2cnc[nH]2)C(=O)N[C@@H](CCC(=O)O)C(=O)N2C[C@H](O)C[C@H]2C(=O)N[C@@H](Cc2c[nH]c3ccccc23)C(=O)N[C@@H](CCN)C(=O)N[C@@H](Cc2cn(CC(=O)O)c3ccccc23)C(=O)N1C. The average molecular weight is 1910 g/mol. The molecule has 0 bridgehead atoms. The number of aromatic hydroxyl groups is 1. The number of phenols is 1. The van der Waals surface area contributed by atoms with Crippen LogP contribution in [-0.2, 0) is 123 Å². The number of hydrogen-bond donors (Lipinski definition) is 19. The Kier molecular flexibility index (Phi) is 38.7. The first kappa shape index (κ1) is 106. The first-order valence-corrected chi connectivity index (χ1v) is 46.1. The number of nitrogens with zero attached hydrogens (tertiary/aromatic N) is 7. The lowest BCUT2D eigenvalue weighted by molar-refractivity contribution is -0.149. The normalized spacial score (nSPS) is 24.6. The van der Waals surface area contributed by atoms with Gasteiger partial charge in [0, 0.05) is 125 Å². The molecular formula is C90H122N22O23S. The van der Waals surface area contributed by atoms with Crippen molar-refractivity contribution in [1.29, 1.82) is 0 Å². The fourth-order valence-corrected chi connectivity index (χ4v) is 17.5. The molecule has 0 spiro atoms. The van der Waals surface area contributed by atoms with Crippen molar-refractivity contribution in [3.63, 3.8) is 0 Å². The van der Waals surface area contributed by atoms with Crippen LogP contribution in [0.4, 0.5) is 0 Å². The van der Waals surface area contributed by atoms with E-state index in [1.54, 1.807) is 54.7 Å². The maximum Gasteiger partial charge on any atom is 0.323 e. The molecule has 3 aliphatic rings. The van der Waals surface area contributed by atoms with E-state index in [1.165, 1.54) is 82.5 Å². The summed E-state index contributed by atoms with van der Waals surface area (Å²) in [6.45, 7) is 3.81. The van der Waals surface area contributed by atoms with E-state index in [0.29, 0.717) is 64.2 Å². The van der Waals surface area contributed by atoms with Crippen LogP contribution in [0.2, 0.25) is 0 Å². The lowest BCUT2D eigenvalue weighted by Crippen LogP contribution is -2.61. The number of thioether (sulfide) groups is 1. The fraction of sp³-hybridized carbons (Fsp3) is 0.511. The highest BCUT2D eigenvalue weighted by Crippen LogP contribution is 2.29. The Labute approximate surface area is 786 Å². The van der Waals surface area contributed by atoms with E-state index in [2.05, 4.69) is 68.1 Å². The first-order chi connectivity index (χ1) is 64.7. The van der Waals surface area contributed by atoms with Crippen molar-refractivity contribution < 1.29 is 112 Å². The van der Waals surface area contributed by atoms with Crippen molar-refractivity contribution in [3.8, 4) is 5.75 Å². The van der Waals surface area contributed by atoms with E-state index in [9.17, 15) is 78.0 Å². The summed E-state index contributed by atoms with van der Waals surface area (Å²) in [4.78, 5) is 289. The summed E-state index contributed by atoms with van der Waals surface area (Å²) < 4.78 is 1.42. The number of rotatable bonds is 26. The number of aliphatic hydroxyl groups excluding tert-OH is 1. The van der Waals surface area contributed by atoms with Crippen LogP contribution in [0.3, 0.4) is 0 Å². The van der Waals surface area contributed by atoms with Gasteiger partial charge >= 0.3 is 11.9 Å². The second kappa shape index (κ2) is 49.8. The Hall–Kier alpha value is -14.1. The Bertz CT molecular complexity index is 5340. The summed E-state index contributed by atoms with van der Waals surface area (Å²) in [5, 5.41) is 68.8. The molecule has 0 radical (unpaired) electrons. The largest absolute Gasteiger partial charge is 0.508 e. The lowest BCUT2D eigenvalue weighted by Gasteiger charge is -2.36. The van der Waals surface area contributed by atoms with Crippen LogP contribution < -0.4 is 70.4 Å². The number of benzene rings is 3. The number of carboxylic acids is 2. The predicted octanol–water partition coefficient (Wildman–Crippen LogP) is -3.44.